The van der Waals surface area contributed by atoms with Gasteiger partial charge in [0.15, 0.2) is 0 Å². The van der Waals surface area contributed by atoms with Gasteiger partial charge in [0, 0.05) is 13.1 Å². The van der Waals surface area contributed by atoms with Gasteiger partial charge in [-0.2, -0.15) is 5.26 Å². The first kappa shape index (κ1) is 14.1. The summed E-state index contributed by atoms with van der Waals surface area (Å²) < 4.78 is 5.66. The van der Waals surface area contributed by atoms with Crippen molar-refractivity contribution in [2.24, 2.45) is 0 Å². The molecular formula is C17H18N2O. The summed E-state index contributed by atoms with van der Waals surface area (Å²) in [7, 11) is 2.03. The van der Waals surface area contributed by atoms with E-state index < -0.39 is 0 Å². The van der Waals surface area contributed by atoms with Crippen LogP contribution in [0.5, 0.6) is 5.75 Å². The molecule has 102 valence electrons. The van der Waals surface area contributed by atoms with Crippen LogP contribution in [0.4, 0.5) is 0 Å². The maximum atomic E-state index is 9.06. The second-order valence-electron chi connectivity index (χ2n) is 4.67. The average Bonchev–Trinajstić information content (AvgIpc) is 2.49. The third-order valence-corrected chi connectivity index (χ3v) is 3.06. The van der Waals surface area contributed by atoms with E-state index in [1.807, 2.05) is 61.6 Å². The average molecular weight is 266 g/mol. The van der Waals surface area contributed by atoms with Crippen molar-refractivity contribution >= 4 is 0 Å². The lowest BCUT2D eigenvalue weighted by molar-refractivity contribution is 0.233. The summed E-state index contributed by atoms with van der Waals surface area (Å²) in [6, 6.07) is 19.7. The SMILES string of the molecule is CN(CCOc1ccccc1)Cc1ccccc1C#N. The number of nitriles is 1. The van der Waals surface area contributed by atoms with E-state index in [9.17, 15) is 0 Å². The Morgan fingerprint density at radius 2 is 1.75 bits per heavy atom. The molecule has 2 aromatic rings. The van der Waals surface area contributed by atoms with E-state index in [1.165, 1.54) is 0 Å². The van der Waals surface area contributed by atoms with Gasteiger partial charge in [0.1, 0.15) is 12.4 Å². The summed E-state index contributed by atoms with van der Waals surface area (Å²) in [6.07, 6.45) is 0. The Morgan fingerprint density at radius 1 is 1.05 bits per heavy atom. The number of rotatable bonds is 6. The number of para-hydroxylation sites is 1. The standard InChI is InChI=1S/C17H18N2O/c1-19(11-12-20-17-9-3-2-4-10-17)14-16-8-6-5-7-15(16)13-18/h2-10H,11-12,14H2,1H3. The van der Waals surface area contributed by atoms with Gasteiger partial charge in [-0.25, -0.2) is 0 Å². The smallest absolute Gasteiger partial charge is 0.119 e. The van der Waals surface area contributed by atoms with Gasteiger partial charge in [-0.05, 0) is 30.8 Å². The molecule has 0 saturated heterocycles. The van der Waals surface area contributed by atoms with Crippen molar-refractivity contribution in [1.82, 2.24) is 4.90 Å². The van der Waals surface area contributed by atoms with Gasteiger partial charge in [0.25, 0.3) is 0 Å². The summed E-state index contributed by atoms with van der Waals surface area (Å²) in [5.41, 5.74) is 1.79. The zero-order chi connectivity index (χ0) is 14.2. The van der Waals surface area contributed by atoms with Crippen LogP contribution in [0.2, 0.25) is 0 Å². The van der Waals surface area contributed by atoms with Crippen LogP contribution < -0.4 is 4.74 Å². The predicted octanol–water partition coefficient (Wildman–Crippen LogP) is 3.07. The van der Waals surface area contributed by atoms with Crippen molar-refractivity contribution in [3.8, 4) is 11.8 Å². The fraction of sp³-hybridized carbons (Fsp3) is 0.235. The van der Waals surface area contributed by atoms with E-state index in [2.05, 4.69) is 11.0 Å². The third-order valence-electron chi connectivity index (χ3n) is 3.06. The Balaban J connectivity index is 1.81. The minimum Gasteiger partial charge on any atom is -0.492 e. The first-order valence-electron chi connectivity index (χ1n) is 6.64. The monoisotopic (exact) mass is 266 g/mol. The Morgan fingerprint density at radius 3 is 2.50 bits per heavy atom. The van der Waals surface area contributed by atoms with E-state index in [0.29, 0.717) is 6.61 Å². The number of hydrogen-bond donors (Lipinski definition) is 0. The van der Waals surface area contributed by atoms with Gasteiger partial charge in [-0.1, -0.05) is 36.4 Å². The van der Waals surface area contributed by atoms with E-state index in [0.717, 1.165) is 30.0 Å². The van der Waals surface area contributed by atoms with Crippen molar-refractivity contribution in [1.29, 1.82) is 5.26 Å². The lowest BCUT2D eigenvalue weighted by Crippen LogP contribution is -2.24. The van der Waals surface area contributed by atoms with E-state index in [4.69, 9.17) is 10.00 Å². The predicted molar refractivity (Wildman–Crippen MR) is 79.4 cm³/mol. The van der Waals surface area contributed by atoms with Crippen LogP contribution in [0, 0.1) is 11.3 Å². The molecule has 0 radical (unpaired) electrons. The molecular weight excluding hydrogens is 248 g/mol. The molecule has 0 heterocycles. The highest BCUT2D eigenvalue weighted by atomic mass is 16.5. The molecule has 2 rings (SSSR count). The van der Waals surface area contributed by atoms with Crippen molar-refractivity contribution in [2.75, 3.05) is 20.2 Å². The molecule has 3 heteroatoms. The quantitative estimate of drug-likeness (QED) is 0.806. The minimum absolute atomic E-state index is 0.634. The summed E-state index contributed by atoms with van der Waals surface area (Å²) in [5, 5.41) is 9.06. The zero-order valence-corrected chi connectivity index (χ0v) is 11.6. The van der Waals surface area contributed by atoms with Crippen LogP contribution in [0.25, 0.3) is 0 Å². The minimum atomic E-state index is 0.634. The Labute approximate surface area is 120 Å². The first-order chi connectivity index (χ1) is 9.79. The highest BCUT2D eigenvalue weighted by Crippen LogP contribution is 2.11. The molecule has 0 unspecified atom stereocenters. The molecule has 0 aliphatic rings. The molecule has 0 saturated carbocycles. The van der Waals surface area contributed by atoms with Crippen molar-refractivity contribution < 1.29 is 4.74 Å². The normalized spacial score (nSPS) is 10.2. The van der Waals surface area contributed by atoms with Crippen molar-refractivity contribution in [3.05, 3.63) is 65.7 Å². The topological polar surface area (TPSA) is 36.3 Å². The van der Waals surface area contributed by atoms with Gasteiger partial charge in [-0.3, -0.25) is 4.90 Å². The third kappa shape index (κ3) is 4.11. The Kier molecular flexibility index (Phi) is 5.16. The van der Waals surface area contributed by atoms with Gasteiger partial charge < -0.3 is 4.74 Å². The lowest BCUT2D eigenvalue weighted by atomic mass is 10.1. The number of likely N-dealkylation sites (N-methyl/N-ethyl adjacent to an activating group) is 1. The fourth-order valence-corrected chi connectivity index (χ4v) is 1.97. The molecule has 0 spiro atoms. The van der Waals surface area contributed by atoms with Crippen LogP contribution >= 0.6 is 0 Å². The number of ether oxygens (including phenoxy) is 1. The molecule has 0 aliphatic heterocycles. The van der Waals surface area contributed by atoms with Crippen molar-refractivity contribution in [2.45, 2.75) is 6.54 Å². The second kappa shape index (κ2) is 7.32. The van der Waals surface area contributed by atoms with Gasteiger partial charge in [0.2, 0.25) is 0 Å². The maximum Gasteiger partial charge on any atom is 0.119 e. The summed E-state index contributed by atoms with van der Waals surface area (Å²) >= 11 is 0. The highest BCUT2D eigenvalue weighted by molar-refractivity contribution is 5.37. The number of benzene rings is 2. The highest BCUT2D eigenvalue weighted by Gasteiger charge is 2.05. The fourth-order valence-electron chi connectivity index (χ4n) is 1.97. The molecule has 20 heavy (non-hydrogen) atoms. The largest absolute Gasteiger partial charge is 0.492 e. The second-order valence-corrected chi connectivity index (χ2v) is 4.67. The summed E-state index contributed by atoms with van der Waals surface area (Å²) in [6.45, 7) is 2.20. The van der Waals surface area contributed by atoms with Crippen LogP contribution in [0.1, 0.15) is 11.1 Å². The molecule has 0 bridgehead atoms. The molecule has 3 nitrogen and oxygen atoms in total. The van der Waals surface area contributed by atoms with Gasteiger partial charge in [-0.15, -0.1) is 0 Å². The molecule has 0 N–H and O–H groups in total. The van der Waals surface area contributed by atoms with E-state index in [-0.39, 0.29) is 0 Å². The van der Waals surface area contributed by atoms with E-state index in [1.54, 1.807) is 0 Å². The maximum absolute atomic E-state index is 9.06. The van der Waals surface area contributed by atoms with Crippen LogP contribution in [0.15, 0.2) is 54.6 Å². The lowest BCUT2D eigenvalue weighted by Gasteiger charge is -2.17. The molecule has 2 aromatic carbocycles. The van der Waals surface area contributed by atoms with Crippen LogP contribution in [-0.2, 0) is 6.54 Å². The number of nitrogens with zero attached hydrogens (tertiary/aromatic N) is 2. The molecule has 0 aromatic heterocycles. The molecule has 0 fully saturated rings. The molecule has 0 aliphatic carbocycles. The Bertz CT molecular complexity index is 575. The van der Waals surface area contributed by atoms with Gasteiger partial charge in [0.05, 0.1) is 11.6 Å². The molecule has 0 amide bonds. The first-order valence-corrected chi connectivity index (χ1v) is 6.64. The zero-order valence-electron chi connectivity index (χ0n) is 11.6. The number of hydrogen-bond acceptors (Lipinski definition) is 3. The van der Waals surface area contributed by atoms with Gasteiger partial charge >= 0.3 is 0 Å². The van der Waals surface area contributed by atoms with E-state index >= 15 is 0 Å². The van der Waals surface area contributed by atoms with Crippen LogP contribution in [-0.4, -0.2) is 25.1 Å². The van der Waals surface area contributed by atoms with Crippen LogP contribution in [0.3, 0.4) is 0 Å². The molecule has 0 atom stereocenters. The van der Waals surface area contributed by atoms with Crippen molar-refractivity contribution in [3.63, 3.8) is 0 Å². The summed E-state index contributed by atoms with van der Waals surface area (Å²) in [5.74, 6) is 0.887. The Hall–Kier alpha value is -2.31. The summed E-state index contributed by atoms with van der Waals surface area (Å²) in [4.78, 5) is 2.15.